The van der Waals surface area contributed by atoms with Gasteiger partial charge in [-0.1, -0.05) is 0 Å². The molecular weight excluding hydrogens is 280 g/mol. The van der Waals surface area contributed by atoms with Gasteiger partial charge in [-0.15, -0.1) is 0 Å². The topological polar surface area (TPSA) is 99.9 Å². The third-order valence-electron chi connectivity index (χ3n) is 2.55. The maximum atomic E-state index is 11.6. The Bertz CT molecular complexity index is 505. The number of nitro groups is 1. The number of carbonyl (C=O) groups is 1. The van der Waals surface area contributed by atoms with Gasteiger partial charge in [0.15, 0.2) is 12.4 Å². The van der Waals surface area contributed by atoms with Crippen LogP contribution < -0.4 is 14.8 Å². The SMILES string of the molecule is COC[C@@H](C)NC(=O)COc1ccc(OC)cc1[N+](=O)[O-]. The summed E-state index contributed by atoms with van der Waals surface area (Å²) in [5.41, 5.74) is -0.257. The number of carbonyl (C=O) groups excluding carboxylic acids is 1. The van der Waals surface area contributed by atoms with Gasteiger partial charge in [0.1, 0.15) is 5.75 Å². The summed E-state index contributed by atoms with van der Waals surface area (Å²) in [5.74, 6) is -0.0350. The van der Waals surface area contributed by atoms with Gasteiger partial charge in [-0.25, -0.2) is 0 Å². The predicted octanol–water partition coefficient (Wildman–Crippen LogP) is 1.13. The van der Waals surface area contributed by atoms with Crippen LogP contribution in [0.3, 0.4) is 0 Å². The van der Waals surface area contributed by atoms with Crippen molar-refractivity contribution in [3.8, 4) is 11.5 Å². The first-order valence-electron chi connectivity index (χ1n) is 6.21. The van der Waals surface area contributed by atoms with Crippen LogP contribution in [0.5, 0.6) is 11.5 Å². The zero-order valence-corrected chi connectivity index (χ0v) is 12.1. The van der Waals surface area contributed by atoms with Crippen molar-refractivity contribution in [1.82, 2.24) is 5.32 Å². The molecule has 0 unspecified atom stereocenters. The highest BCUT2D eigenvalue weighted by molar-refractivity contribution is 5.78. The fraction of sp³-hybridized carbons (Fsp3) is 0.462. The Morgan fingerprint density at radius 2 is 2.14 bits per heavy atom. The lowest BCUT2D eigenvalue weighted by molar-refractivity contribution is -0.385. The van der Waals surface area contributed by atoms with Crippen molar-refractivity contribution < 1.29 is 23.9 Å². The standard InChI is InChI=1S/C13H18N2O6/c1-9(7-19-2)14-13(16)8-21-12-5-4-10(20-3)6-11(12)15(17)18/h4-6,9H,7-8H2,1-3H3,(H,14,16)/t9-/m1/s1. The van der Waals surface area contributed by atoms with Gasteiger partial charge in [0.25, 0.3) is 5.91 Å². The van der Waals surface area contributed by atoms with Crippen molar-refractivity contribution in [2.45, 2.75) is 13.0 Å². The molecule has 1 aromatic rings. The highest BCUT2D eigenvalue weighted by Crippen LogP contribution is 2.30. The first-order valence-corrected chi connectivity index (χ1v) is 6.21. The van der Waals surface area contributed by atoms with Crippen LogP contribution in [0.15, 0.2) is 18.2 Å². The molecule has 8 nitrogen and oxygen atoms in total. The summed E-state index contributed by atoms with van der Waals surface area (Å²) < 4.78 is 15.0. The van der Waals surface area contributed by atoms with Gasteiger partial charge in [0, 0.05) is 13.2 Å². The van der Waals surface area contributed by atoms with Gasteiger partial charge in [-0.2, -0.15) is 0 Å². The van der Waals surface area contributed by atoms with Crippen LogP contribution in [0.4, 0.5) is 5.69 Å². The van der Waals surface area contributed by atoms with Crippen LogP contribution in [0.1, 0.15) is 6.92 Å². The van der Waals surface area contributed by atoms with Gasteiger partial charge >= 0.3 is 5.69 Å². The number of amides is 1. The molecule has 0 fully saturated rings. The molecule has 0 aliphatic carbocycles. The van der Waals surface area contributed by atoms with Crippen molar-refractivity contribution in [2.75, 3.05) is 27.4 Å². The van der Waals surface area contributed by atoms with Crippen molar-refractivity contribution in [2.24, 2.45) is 0 Å². The van der Waals surface area contributed by atoms with Crippen LogP contribution in [0.2, 0.25) is 0 Å². The molecule has 0 spiro atoms. The van der Waals surface area contributed by atoms with E-state index in [4.69, 9.17) is 14.2 Å². The highest BCUT2D eigenvalue weighted by Gasteiger charge is 2.18. The third-order valence-corrected chi connectivity index (χ3v) is 2.55. The Morgan fingerprint density at radius 3 is 2.71 bits per heavy atom. The summed E-state index contributed by atoms with van der Waals surface area (Å²) in [7, 11) is 2.93. The van der Waals surface area contributed by atoms with Crippen LogP contribution in [-0.4, -0.2) is 44.3 Å². The van der Waals surface area contributed by atoms with Gasteiger partial charge < -0.3 is 19.5 Å². The minimum Gasteiger partial charge on any atom is -0.496 e. The summed E-state index contributed by atoms with van der Waals surface area (Å²) in [4.78, 5) is 22.0. The largest absolute Gasteiger partial charge is 0.496 e. The molecule has 116 valence electrons. The predicted molar refractivity (Wildman–Crippen MR) is 74.6 cm³/mol. The number of methoxy groups -OCH3 is 2. The molecule has 1 amide bonds. The lowest BCUT2D eigenvalue weighted by Crippen LogP contribution is -2.38. The Hall–Kier alpha value is -2.35. The second-order valence-corrected chi connectivity index (χ2v) is 4.30. The highest BCUT2D eigenvalue weighted by atomic mass is 16.6. The molecule has 1 atom stereocenters. The molecule has 0 aliphatic rings. The van der Waals surface area contributed by atoms with Crippen molar-refractivity contribution in [1.29, 1.82) is 0 Å². The van der Waals surface area contributed by atoms with Crippen LogP contribution in [-0.2, 0) is 9.53 Å². The minimum absolute atomic E-state index is 0.00958. The fourth-order valence-electron chi connectivity index (χ4n) is 1.64. The normalized spacial score (nSPS) is 11.6. The summed E-state index contributed by atoms with van der Waals surface area (Å²) in [6.07, 6.45) is 0. The first-order chi connectivity index (χ1) is 9.97. The molecule has 0 bridgehead atoms. The maximum absolute atomic E-state index is 11.6. The number of benzene rings is 1. The first kappa shape index (κ1) is 16.7. The molecular formula is C13H18N2O6. The second kappa shape index (κ2) is 8.05. The number of hydrogen-bond donors (Lipinski definition) is 1. The average Bonchev–Trinajstić information content (AvgIpc) is 2.45. The Labute approximate surface area is 122 Å². The van der Waals surface area contributed by atoms with Crippen LogP contribution in [0.25, 0.3) is 0 Å². The van der Waals surface area contributed by atoms with E-state index in [-0.39, 0.29) is 30.0 Å². The lowest BCUT2D eigenvalue weighted by Gasteiger charge is -2.13. The molecule has 1 rings (SSSR count). The zero-order chi connectivity index (χ0) is 15.8. The average molecular weight is 298 g/mol. The molecule has 21 heavy (non-hydrogen) atoms. The molecule has 0 radical (unpaired) electrons. The van der Waals surface area contributed by atoms with Crippen molar-refractivity contribution >= 4 is 11.6 Å². The van der Waals surface area contributed by atoms with Gasteiger partial charge in [0.05, 0.1) is 24.7 Å². The molecule has 0 saturated carbocycles. The molecule has 0 aromatic heterocycles. The smallest absolute Gasteiger partial charge is 0.314 e. The number of hydrogen-bond acceptors (Lipinski definition) is 6. The van der Waals surface area contributed by atoms with Crippen LogP contribution in [0, 0.1) is 10.1 Å². The summed E-state index contributed by atoms with van der Waals surface area (Å²) in [6.45, 7) is 1.83. The molecule has 8 heteroatoms. The number of nitro benzene ring substituents is 1. The number of ether oxygens (including phenoxy) is 3. The van der Waals surface area contributed by atoms with E-state index < -0.39 is 4.92 Å². The zero-order valence-electron chi connectivity index (χ0n) is 12.1. The molecule has 0 heterocycles. The summed E-state index contributed by atoms with van der Waals surface area (Å²) >= 11 is 0. The quantitative estimate of drug-likeness (QED) is 0.570. The third kappa shape index (κ3) is 5.27. The minimum atomic E-state index is -0.594. The van der Waals surface area contributed by atoms with E-state index in [2.05, 4.69) is 5.32 Å². The Balaban J connectivity index is 2.66. The lowest BCUT2D eigenvalue weighted by atomic mass is 10.3. The van der Waals surface area contributed by atoms with E-state index in [9.17, 15) is 14.9 Å². The molecule has 0 aliphatic heterocycles. The van der Waals surface area contributed by atoms with Crippen molar-refractivity contribution in [3.63, 3.8) is 0 Å². The van der Waals surface area contributed by atoms with Crippen LogP contribution >= 0.6 is 0 Å². The van der Waals surface area contributed by atoms with Gasteiger partial charge in [-0.05, 0) is 19.1 Å². The fourth-order valence-corrected chi connectivity index (χ4v) is 1.64. The number of rotatable bonds is 8. The maximum Gasteiger partial charge on any atom is 0.314 e. The Kier molecular flexibility index (Phi) is 6.41. The molecule has 0 saturated heterocycles. The molecule has 1 N–H and O–H groups in total. The van der Waals surface area contributed by atoms with Gasteiger partial charge in [0.2, 0.25) is 0 Å². The second-order valence-electron chi connectivity index (χ2n) is 4.30. The van der Waals surface area contributed by atoms with E-state index in [0.29, 0.717) is 12.4 Å². The molecule has 1 aromatic carbocycles. The summed E-state index contributed by atoms with van der Waals surface area (Å²) in [5, 5.41) is 13.6. The number of nitrogens with one attached hydrogen (secondary N) is 1. The van der Waals surface area contributed by atoms with E-state index in [1.165, 1.54) is 32.4 Å². The van der Waals surface area contributed by atoms with E-state index >= 15 is 0 Å². The van der Waals surface area contributed by atoms with Crippen molar-refractivity contribution in [3.05, 3.63) is 28.3 Å². The Morgan fingerprint density at radius 1 is 1.43 bits per heavy atom. The van der Waals surface area contributed by atoms with Gasteiger partial charge in [-0.3, -0.25) is 14.9 Å². The number of nitrogens with zero attached hydrogens (tertiary/aromatic N) is 1. The monoisotopic (exact) mass is 298 g/mol. The van der Waals surface area contributed by atoms with E-state index in [1.807, 2.05) is 0 Å². The summed E-state index contributed by atoms with van der Waals surface area (Å²) in [6, 6.07) is 3.98. The van der Waals surface area contributed by atoms with E-state index in [0.717, 1.165) is 0 Å². The van der Waals surface area contributed by atoms with E-state index in [1.54, 1.807) is 6.92 Å².